The number of carbonyl (C=O) groups is 2. The lowest BCUT2D eigenvalue weighted by Gasteiger charge is -2.07. The average Bonchev–Trinajstić information content (AvgIpc) is 3.17. The largest absolute Gasteiger partial charge is 0.478 e. The Labute approximate surface area is 175 Å². The summed E-state index contributed by atoms with van der Waals surface area (Å²) >= 11 is 11.9. The van der Waals surface area contributed by atoms with E-state index in [2.05, 4.69) is 5.32 Å². The molecule has 1 amide bonds. The Kier molecular flexibility index (Phi) is 6.03. The number of nitriles is 1. The Morgan fingerprint density at radius 3 is 2.52 bits per heavy atom. The fourth-order valence-corrected chi connectivity index (χ4v) is 2.79. The van der Waals surface area contributed by atoms with E-state index in [1.807, 2.05) is 0 Å². The number of amides is 1. The fraction of sp³-hybridized carbons (Fsp3) is 0. The van der Waals surface area contributed by atoms with Crippen molar-refractivity contribution in [3.8, 4) is 17.4 Å². The van der Waals surface area contributed by atoms with E-state index in [4.69, 9.17) is 27.6 Å². The van der Waals surface area contributed by atoms with Gasteiger partial charge in [0.25, 0.3) is 5.91 Å². The first-order valence-corrected chi connectivity index (χ1v) is 8.95. The Balaban J connectivity index is 1.84. The summed E-state index contributed by atoms with van der Waals surface area (Å²) in [6, 6.07) is 15.9. The number of hydrogen-bond acceptors (Lipinski definition) is 4. The van der Waals surface area contributed by atoms with Crippen LogP contribution < -0.4 is 5.32 Å². The highest BCUT2D eigenvalue weighted by Crippen LogP contribution is 2.30. The van der Waals surface area contributed by atoms with E-state index in [9.17, 15) is 20.0 Å². The molecule has 6 nitrogen and oxygen atoms in total. The first kappa shape index (κ1) is 20.2. The van der Waals surface area contributed by atoms with E-state index in [0.29, 0.717) is 21.4 Å². The average molecular weight is 427 g/mol. The summed E-state index contributed by atoms with van der Waals surface area (Å²) in [5.74, 6) is -1.21. The number of nitrogens with zero attached hydrogens (tertiary/aromatic N) is 1. The van der Waals surface area contributed by atoms with Crippen molar-refractivity contribution >= 4 is 46.8 Å². The van der Waals surface area contributed by atoms with Crippen molar-refractivity contribution in [1.29, 1.82) is 5.26 Å². The molecule has 0 spiro atoms. The SMILES string of the molecule is N#CC(=Cc1ccc(-c2ccc(Cl)c(Cl)c2)o1)C(=O)Nc1ccccc1C(=O)O. The maximum Gasteiger partial charge on any atom is 0.337 e. The number of carbonyl (C=O) groups excluding carboxylic acids is 1. The minimum absolute atomic E-state index is 0.0851. The van der Waals surface area contributed by atoms with Crippen LogP contribution in [0.2, 0.25) is 10.0 Å². The Morgan fingerprint density at radius 1 is 1.07 bits per heavy atom. The molecule has 0 atom stereocenters. The summed E-state index contributed by atoms with van der Waals surface area (Å²) in [7, 11) is 0. The highest BCUT2D eigenvalue weighted by atomic mass is 35.5. The quantitative estimate of drug-likeness (QED) is 0.414. The molecule has 0 saturated carbocycles. The smallest absolute Gasteiger partial charge is 0.337 e. The number of carboxylic acid groups (broad SMARTS) is 1. The molecule has 0 fully saturated rings. The molecule has 0 saturated heterocycles. The number of para-hydroxylation sites is 1. The van der Waals surface area contributed by atoms with Crippen molar-refractivity contribution in [2.24, 2.45) is 0 Å². The zero-order valence-corrected chi connectivity index (χ0v) is 16.2. The lowest BCUT2D eigenvalue weighted by Crippen LogP contribution is -2.16. The summed E-state index contributed by atoms with van der Waals surface area (Å²) < 4.78 is 5.66. The van der Waals surface area contributed by atoms with Crippen LogP contribution in [0.1, 0.15) is 16.1 Å². The van der Waals surface area contributed by atoms with Crippen molar-refractivity contribution in [2.75, 3.05) is 5.32 Å². The molecule has 3 aromatic rings. The molecule has 29 heavy (non-hydrogen) atoms. The third-order valence-corrected chi connectivity index (χ3v) is 4.63. The van der Waals surface area contributed by atoms with E-state index in [1.165, 1.54) is 24.3 Å². The van der Waals surface area contributed by atoms with E-state index in [1.54, 1.807) is 42.5 Å². The Bertz CT molecular complexity index is 1180. The Morgan fingerprint density at radius 2 is 1.83 bits per heavy atom. The molecule has 1 aromatic heterocycles. The fourth-order valence-electron chi connectivity index (χ4n) is 2.49. The van der Waals surface area contributed by atoms with Gasteiger partial charge in [-0.3, -0.25) is 4.79 Å². The zero-order chi connectivity index (χ0) is 21.0. The molecule has 0 bridgehead atoms. The van der Waals surface area contributed by atoms with Gasteiger partial charge < -0.3 is 14.8 Å². The molecule has 0 aliphatic carbocycles. The van der Waals surface area contributed by atoms with E-state index < -0.39 is 11.9 Å². The monoisotopic (exact) mass is 426 g/mol. The van der Waals surface area contributed by atoms with Gasteiger partial charge in [-0.05, 0) is 42.5 Å². The second-order valence-electron chi connectivity index (χ2n) is 5.81. The lowest BCUT2D eigenvalue weighted by atomic mass is 10.1. The molecule has 2 N–H and O–H groups in total. The van der Waals surface area contributed by atoms with Crippen LogP contribution in [0.15, 0.2) is 64.6 Å². The second kappa shape index (κ2) is 8.65. The number of furan rings is 1. The van der Waals surface area contributed by atoms with Crippen LogP contribution >= 0.6 is 23.2 Å². The molecule has 0 aliphatic heterocycles. The second-order valence-corrected chi connectivity index (χ2v) is 6.62. The summed E-state index contributed by atoms with van der Waals surface area (Å²) in [5, 5.41) is 21.7. The summed E-state index contributed by atoms with van der Waals surface area (Å²) in [5.41, 5.74) is 0.428. The molecule has 144 valence electrons. The number of anilines is 1. The van der Waals surface area contributed by atoms with Crippen LogP contribution in [0.3, 0.4) is 0 Å². The van der Waals surface area contributed by atoms with Gasteiger partial charge in [0.15, 0.2) is 0 Å². The van der Waals surface area contributed by atoms with Gasteiger partial charge in [-0.1, -0.05) is 35.3 Å². The molecule has 0 radical (unpaired) electrons. The number of carboxylic acids is 1. The highest BCUT2D eigenvalue weighted by molar-refractivity contribution is 6.42. The maximum absolute atomic E-state index is 12.4. The van der Waals surface area contributed by atoms with Gasteiger partial charge in [0, 0.05) is 11.6 Å². The zero-order valence-electron chi connectivity index (χ0n) is 14.6. The predicted molar refractivity (Wildman–Crippen MR) is 110 cm³/mol. The first-order valence-electron chi connectivity index (χ1n) is 8.20. The predicted octanol–water partition coefficient (Wildman–Crippen LogP) is 5.50. The third kappa shape index (κ3) is 4.66. The minimum atomic E-state index is -1.19. The summed E-state index contributed by atoms with van der Waals surface area (Å²) in [6.45, 7) is 0. The number of nitrogens with one attached hydrogen (secondary N) is 1. The van der Waals surface area contributed by atoms with Crippen LogP contribution in [0, 0.1) is 11.3 Å². The van der Waals surface area contributed by atoms with Gasteiger partial charge in [-0.2, -0.15) is 5.26 Å². The van der Waals surface area contributed by atoms with Gasteiger partial charge in [0.2, 0.25) is 0 Å². The van der Waals surface area contributed by atoms with Crippen molar-refractivity contribution in [2.45, 2.75) is 0 Å². The molecule has 3 rings (SSSR count). The van der Waals surface area contributed by atoms with Crippen LogP contribution in [0.25, 0.3) is 17.4 Å². The summed E-state index contributed by atoms with van der Waals surface area (Å²) in [6.07, 6.45) is 1.26. The topological polar surface area (TPSA) is 103 Å². The van der Waals surface area contributed by atoms with E-state index >= 15 is 0 Å². The van der Waals surface area contributed by atoms with Crippen LogP contribution in [0.5, 0.6) is 0 Å². The number of aromatic carboxylic acids is 1. The molecule has 2 aromatic carbocycles. The van der Waals surface area contributed by atoms with Gasteiger partial charge >= 0.3 is 5.97 Å². The van der Waals surface area contributed by atoms with Crippen LogP contribution in [-0.4, -0.2) is 17.0 Å². The lowest BCUT2D eigenvalue weighted by molar-refractivity contribution is -0.112. The third-order valence-electron chi connectivity index (χ3n) is 3.89. The van der Waals surface area contributed by atoms with Crippen LogP contribution in [-0.2, 0) is 4.79 Å². The molecule has 0 unspecified atom stereocenters. The molecule has 8 heteroatoms. The van der Waals surface area contributed by atoms with Gasteiger partial charge in [0.1, 0.15) is 23.2 Å². The number of benzene rings is 2. The number of halogens is 2. The maximum atomic E-state index is 12.4. The normalized spacial score (nSPS) is 11.0. The molecular formula is C21H12Cl2N2O4. The van der Waals surface area contributed by atoms with Crippen LogP contribution in [0.4, 0.5) is 5.69 Å². The van der Waals surface area contributed by atoms with Crippen molar-refractivity contribution in [3.63, 3.8) is 0 Å². The van der Waals surface area contributed by atoms with Gasteiger partial charge in [0.05, 0.1) is 21.3 Å². The first-order chi connectivity index (χ1) is 13.9. The van der Waals surface area contributed by atoms with Crippen molar-refractivity contribution < 1.29 is 19.1 Å². The van der Waals surface area contributed by atoms with Gasteiger partial charge in [-0.25, -0.2) is 4.79 Å². The highest BCUT2D eigenvalue weighted by Gasteiger charge is 2.15. The van der Waals surface area contributed by atoms with Crippen molar-refractivity contribution in [1.82, 2.24) is 0 Å². The summed E-state index contributed by atoms with van der Waals surface area (Å²) in [4.78, 5) is 23.7. The molecule has 1 heterocycles. The number of rotatable bonds is 5. The Hall–Kier alpha value is -3.53. The molecular weight excluding hydrogens is 415 g/mol. The van der Waals surface area contributed by atoms with Gasteiger partial charge in [-0.15, -0.1) is 0 Å². The molecule has 0 aliphatic rings. The standard InChI is InChI=1S/C21H12Cl2N2O4/c22-16-7-5-12(10-17(16)23)19-8-6-14(29-19)9-13(11-24)20(26)25-18-4-2-1-3-15(18)21(27)28/h1-10H,(H,25,26)(H,27,28). The van der Waals surface area contributed by atoms with E-state index in [0.717, 1.165) is 0 Å². The van der Waals surface area contributed by atoms with Crippen molar-refractivity contribution in [3.05, 3.63) is 81.5 Å². The number of hydrogen-bond donors (Lipinski definition) is 2. The van der Waals surface area contributed by atoms with E-state index in [-0.39, 0.29) is 22.6 Å². The minimum Gasteiger partial charge on any atom is -0.478 e.